The fourth-order valence-electron chi connectivity index (χ4n) is 2.06. The molecule has 110 valence electrons. The summed E-state index contributed by atoms with van der Waals surface area (Å²) in [5, 5.41) is 5.97. The molecule has 1 amide bonds. The zero-order valence-corrected chi connectivity index (χ0v) is 12.6. The molecule has 0 heterocycles. The average Bonchev–Trinajstić information content (AvgIpc) is 2.45. The highest BCUT2D eigenvalue weighted by Crippen LogP contribution is 2.24. The van der Waals surface area contributed by atoms with Gasteiger partial charge in [-0.1, -0.05) is 18.2 Å². The van der Waals surface area contributed by atoms with E-state index in [-0.39, 0.29) is 12.5 Å². The van der Waals surface area contributed by atoms with Gasteiger partial charge in [0.2, 0.25) is 5.91 Å². The van der Waals surface area contributed by atoms with Gasteiger partial charge in [-0.3, -0.25) is 4.79 Å². The quantitative estimate of drug-likeness (QED) is 0.885. The molecule has 0 spiro atoms. The molecule has 0 radical (unpaired) electrons. The average molecular weight is 284 g/mol. The fourth-order valence-corrected chi connectivity index (χ4v) is 2.06. The first-order valence-corrected chi connectivity index (χ1v) is 6.83. The van der Waals surface area contributed by atoms with Crippen LogP contribution in [0.5, 0.6) is 5.75 Å². The van der Waals surface area contributed by atoms with Gasteiger partial charge in [-0.25, -0.2) is 0 Å². The van der Waals surface area contributed by atoms with Gasteiger partial charge in [-0.15, -0.1) is 0 Å². The summed E-state index contributed by atoms with van der Waals surface area (Å²) in [7, 11) is 1.61. The second kappa shape index (κ2) is 6.79. The van der Waals surface area contributed by atoms with Gasteiger partial charge in [-0.05, 0) is 49.2 Å². The van der Waals surface area contributed by atoms with Gasteiger partial charge in [0.25, 0.3) is 0 Å². The van der Waals surface area contributed by atoms with Gasteiger partial charge in [0.05, 0.1) is 19.3 Å². The van der Waals surface area contributed by atoms with E-state index >= 15 is 0 Å². The molecule has 0 aliphatic rings. The van der Waals surface area contributed by atoms with Crippen molar-refractivity contribution >= 4 is 17.3 Å². The van der Waals surface area contributed by atoms with Crippen molar-refractivity contribution in [1.29, 1.82) is 0 Å². The first-order chi connectivity index (χ1) is 10.1. The fraction of sp³-hybridized carbons (Fsp3) is 0.235. The molecule has 0 aliphatic carbocycles. The summed E-state index contributed by atoms with van der Waals surface area (Å²) < 4.78 is 5.27. The van der Waals surface area contributed by atoms with Crippen molar-refractivity contribution in [2.45, 2.75) is 13.8 Å². The van der Waals surface area contributed by atoms with E-state index < -0.39 is 0 Å². The molecule has 2 rings (SSSR count). The molecule has 4 nitrogen and oxygen atoms in total. The molecular weight excluding hydrogens is 264 g/mol. The van der Waals surface area contributed by atoms with Crippen LogP contribution in [0.3, 0.4) is 0 Å². The largest absolute Gasteiger partial charge is 0.495 e. The predicted molar refractivity (Wildman–Crippen MR) is 86.0 cm³/mol. The zero-order chi connectivity index (χ0) is 15.2. The van der Waals surface area contributed by atoms with Crippen LogP contribution in [0.1, 0.15) is 11.1 Å². The van der Waals surface area contributed by atoms with Crippen molar-refractivity contribution in [1.82, 2.24) is 0 Å². The molecule has 0 saturated heterocycles. The Morgan fingerprint density at radius 3 is 2.57 bits per heavy atom. The summed E-state index contributed by atoms with van der Waals surface area (Å²) in [4.78, 5) is 12.0. The minimum atomic E-state index is -0.0934. The number of amides is 1. The lowest BCUT2D eigenvalue weighted by atomic mass is 10.2. The van der Waals surface area contributed by atoms with E-state index in [1.807, 2.05) is 56.3 Å². The Hall–Kier alpha value is -2.49. The van der Waals surface area contributed by atoms with Crippen molar-refractivity contribution in [2.24, 2.45) is 0 Å². The summed E-state index contributed by atoms with van der Waals surface area (Å²) in [5.41, 5.74) is 3.84. The molecule has 2 aromatic carbocycles. The molecule has 0 atom stereocenters. The summed E-state index contributed by atoms with van der Waals surface area (Å²) in [5.74, 6) is 0.633. The number of carbonyl (C=O) groups excluding carboxylic acids is 1. The van der Waals surface area contributed by atoms with E-state index in [9.17, 15) is 4.79 Å². The third kappa shape index (κ3) is 4.24. The molecule has 0 unspecified atom stereocenters. The van der Waals surface area contributed by atoms with Crippen molar-refractivity contribution in [3.05, 3.63) is 53.6 Å². The minimum absolute atomic E-state index is 0.0934. The second-order valence-electron chi connectivity index (χ2n) is 4.97. The molecule has 0 saturated carbocycles. The standard InChI is InChI=1S/C17H20N2O2/c1-12-5-4-6-14(9-12)19-17(20)11-18-15-10-13(2)7-8-16(15)21-3/h4-10,18H,11H2,1-3H3,(H,19,20). The van der Waals surface area contributed by atoms with Gasteiger partial charge in [-0.2, -0.15) is 0 Å². The lowest BCUT2D eigenvalue weighted by Gasteiger charge is -2.12. The summed E-state index contributed by atoms with van der Waals surface area (Å²) >= 11 is 0. The Morgan fingerprint density at radius 2 is 1.86 bits per heavy atom. The number of methoxy groups -OCH3 is 1. The van der Waals surface area contributed by atoms with Gasteiger partial charge in [0, 0.05) is 5.69 Å². The van der Waals surface area contributed by atoms with Crippen LogP contribution in [0.4, 0.5) is 11.4 Å². The van der Waals surface area contributed by atoms with Gasteiger partial charge in [0.15, 0.2) is 0 Å². The molecule has 0 fully saturated rings. The Labute approximate surface area is 125 Å². The van der Waals surface area contributed by atoms with Crippen LogP contribution in [-0.4, -0.2) is 19.6 Å². The number of ether oxygens (including phenoxy) is 1. The van der Waals surface area contributed by atoms with Crippen LogP contribution in [0, 0.1) is 13.8 Å². The highest BCUT2D eigenvalue weighted by atomic mass is 16.5. The SMILES string of the molecule is COc1ccc(C)cc1NCC(=O)Nc1cccc(C)c1. The summed E-state index contributed by atoms with van der Waals surface area (Å²) in [6, 6.07) is 13.5. The van der Waals surface area contributed by atoms with E-state index in [0.29, 0.717) is 0 Å². The van der Waals surface area contributed by atoms with E-state index in [2.05, 4.69) is 10.6 Å². The lowest BCUT2D eigenvalue weighted by molar-refractivity contribution is -0.114. The Bertz CT molecular complexity index is 638. The number of carbonyl (C=O) groups is 1. The van der Waals surface area contributed by atoms with E-state index in [0.717, 1.165) is 28.3 Å². The number of aryl methyl sites for hydroxylation is 2. The molecule has 2 aromatic rings. The summed E-state index contributed by atoms with van der Waals surface area (Å²) in [6.07, 6.45) is 0. The van der Waals surface area contributed by atoms with Gasteiger partial charge >= 0.3 is 0 Å². The predicted octanol–water partition coefficient (Wildman–Crippen LogP) is 3.36. The van der Waals surface area contributed by atoms with Crippen LogP contribution >= 0.6 is 0 Å². The topological polar surface area (TPSA) is 50.4 Å². The highest BCUT2D eigenvalue weighted by molar-refractivity contribution is 5.94. The van der Waals surface area contributed by atoms with E-state index in [1.54, 1.807) is 7.11 Å². The maximum Gasteiger partial charge on any atom is 0.243 e. The van der Waals surface area contributed by atoms with Crippen LogP contribution in [0.15, 0.2) is 42.5 Å². The molecular formula is C17H20N2O2. The number of nitrogens with one attached hydrogen (secondary N) is 2. The van der Waals surface area contributed by atoms with E-state index in [1.165, 1.54) is 0 Å². The number of anilines is 2. The second-order valence-corrected chi connectivity index (χ2v) is 4.97. The number of rotatable bonds is 5. The van der Waals surface area contributed by atoms with Crippen molar-refractivity contribution in [3.8, 4) is 5.75 Å². The zero-order valence-electron chi connectivity index (χ0n) is 12.6. The lowest BCUT2D eigenvalue weighted by Crippen LogP contribution is -2.22. The van der Waals surface area contributed by atoms with Crippen LogP contribution in [0.25, 0.3) is 0 Å². The van der Waals surface area contributed by atoms with Crippen LogP contribution in [-0.2, 0) is 4.79 Å². The van der Waals surface area contributed by atoms with Crippen LogP contribution in [0.2, 0.25) is 0 Å². The molecule has 21 heavy (non-hydrogen) atoms. The molecule has 4 heteroatoms. The minimum Gasteiger partial charge on any atom is -0.495 e. The molecule has 0 bridgehead atoms. The van der Waals surface area contributed by atoms with Gasteiger partial charge in [0.1, 0.15) is 5.75 Å². The first-order valence-electron chi connectivity index (χ1n) is 6.83. The molecule has 2 N–H and O–H groups in total. The normalized spacial score (nSPS) is 10.0. The molecule has 0 aromatic heterocycles. The number of hydrogen-bond acceptors (Lipinski definition) is 3. The van der Waals surface area contributed by atoms with Crippen LogP contribution < -0.4 is 15.4 Å². The Morgan fingerprint density at radius 1 is 1.10 bits per heavy atom. The third-order valence-corrected chi connectivity index (χ3v) is 3.10. The smallest absolute Gasteiger partial charge is 0.243 e. The van der Waals surface area contributed by atoms with Crippen molar-refractivity contribution in [3.63, 3.8) is 0 Å². The maximum atomic E-state index is 12.0. The first kappa shape index (κ1) is 14.9. The van der Waals surface area contributed by atoms with Crippen molar-refractivity contribution in [2.75, 3.05) is 24.3 Å². The number of hydrogen-bond donors (Lipinski definition) is 2. The van der Waals surface area contributed by atoms with E-state index in [4.69, 9.17) is 4.74 Å². The number of benzene rings is 2. The monoisotopic (exact) mass is 284 g/mol. The maximum absolute atomic E-state index is 12.0. The Kier molecular flexibility index (Phi) is 4.82. The third-order valence-electron chi connectivity index (χ3n) is 3.10. The van der Waals surface area contributed by atoms with Gasteiger partial charge < -0.3 is 15.4 Å². The van der Waals surface area contributed by atoms with Crippen molar-refractivity contribution < 1.29 is 9.53 Å². The molecule has 0 aliphatic heterocycles. The summed E-state index contributed by atoms with van der Waals surface area (Å²) in [6.45, 7) is 4.18. The Balaban J connectivity index is 1.96. The highest BCUT2D eigenvalue weighted by Gasteiger charge is 2.06.